The molecule has 61 heavy (non-hydrogen) atoms. The second-order valence-electron chi connectivity index (χ2n) is 16.6. The van der Waals surface area contributed by atoms with Gasteiger partial charge in [-0.2, -0.15) is 0 Å². The summed E-state index contributed by atoms with van der Waals surface area (Å²) in [6.07, 6.45) is 11.4. The van der Waals surface area contributed by atoms with Crippen LogP contribution in [0.1, 0.15) is 52.6 Å². The molecule has 0 N–H and O–H groups in total. The van der Waals surface area contributed by atoms with Crippen LogP contribution in [-0.2, 0) is 11.8 Å². The van der Waals surface area contributed by atoms with Crippen molar-refractivity contribution < 1.29 is 0 Å². The highest BCUT2D eigenvalue weighted by atomic mass is 32.1. The molecule has 0 saturated heterocycles. The molecule has 2 heteroatoms. The van der Waals surface area contributed by atoms with Gasteiger partial charge in [0, 0.05) is 37.2 Å². The molecule has 3 aliphatic carbocycles. The van der Waals surface area contributed by atoms with Crippen molar-refractivity contribution in [3.63, 3.8) is 0 Å². The minimum absolute atomic E-state index is 0.429. The quantitative estimate of drug-likeness (QED) is 0.155. The highest BCUT2D eigenvalue weighted by Gasteiger charge is 2.45. The molecule has 1 heterocycles. The van der Waals surface area contributed by atoms with Crippen LogP contribution in [-0.4, -0.2) is 0 Å². The van der Waals surface area contributed by atoms with E-state index in [2.05, 4.69) is 217 Å². The molecule has 8 aromatic carbocycles. The van der Waals surface area contributed by atoms with E-state index in [4.69, 9.17) is 0 Å². The van der Waals surface area contributed by atoms with Gasteiger partial charge in [-0.1, -0.05) is 176 Å². The van der Waals surface area contributed by atoms with Crippen molar-refractivity contribution in [2.75, 3.05) is 4.90 Å². The number of hydrogen-bond acceptors (Lipinski definition) is 2. The van der Waals surface area contributed by atoms with Gasteiger partial charge in [-0.25, -0.2) is 0 Å². The van der Waals surface area contributed by atoms with E-state index in [1.54, 1.807) is 0 Å². The van der Waals surface area contributed by atoms with E-state index in [9.17, 15) is 0 Å². The number of benzene rings is 8. The number of hydrogen-bond donors (Lipinski definition) is 0. The highest BCUT2D eigenvalue weighted by Crippen LogP contribution is 2.56. The van der Waals surface area contributed by atoms with Gasteiger partial charge >= 0.3 is 0 Å². The van der Waals surface area contributed by atoms with Crippen LogP contribution in [0.25, 0.3) is 48.5 Å². The molecule has 0 spiro atoms. The number of fused-ring (bicyclic) bond motifs is 7. The van der Waals surface area contributed by atoms with Crippen LogP contribution in [0, 0.1) is 0 Å². The summed E-state index contributed by atoms with van der Waals surface area (Å²) in [5.41, 5.74) is 19.4. The van der Waals surface area contributed by atoms with Crippen molar-refractivity contribution in [1.29, 1.82) is 0 Å². The third-order valence-electron chi connectivity index (χ3n) is 13.4. The Morgan fingerprint density at radius 3 is 1.79 bits per heavy atom. The van der Waals surface area contributed by atoms with E-state index < -0.39 is 5.41 Å². The smallest absolute Gasteiger partial charge is 0.0713 e. The standard InChI is InChI=1S/C59H43NS/c1-2-15-45(16-3-1)59(55-22-9-6-17-51(55)52-18-7-10-23-56(52)59)46-31-37-49(38-32-46)60(47-33-27-41(28-34-47)44-26-25-40-13-4-5-14-43(40)39-44)48-35-29-42(30-36-48)50-20-12-21-54-53-19-8-11-24-57(53)61-58(50)54/h1-24,27,29-33,35-39H,25-26,28,34H2. The summed E-state index contributed by atoms with van der Waals surface area (Å²) in [6, 6.07) is 72.3. The highest BCUT2D eigenvalue weighted by molar-refractivity contribution is 7.26. The summed E-state index contributed by atoms with van der Waals surface area (Å²) < 4.78 is 2.68. The van der Waals surface area contributed by atoms with Gasteiger partial charge in [0.15, 0.2) is 0 Å². The second-order valence-corrected chi connectivity index (χ2v) is 17.7. The molecule has 0 bridgehead atoms. The summed E-state index contributed by atoms with van der Waals surface area (Å²) in [5.74, 6) is 0. The Kier molecular flexibility index (Phi) is 8.61. The molecule has 0 saturated carbocycles. The molecular formula is C59H43NS. The zero-order chi connectivity index (χ0) is 40.3. The lowest BCUT2D eigenvalue weighted by Crippen LogP contribution is -2.28. The molecule has 0 atom stereocenters. The third-order valence-corrected chi connectivity index (χ3v) is 14.7. The number of nitrogens with zero attached hydrogens (tertiary/aromatic N) is 1. The zero-order valence-corrected chi connectivity index (χ0v) is 34.7. The van der Waals surface area contributed by atoms with Crippen LogP contribution in [0.5, 0.6) is 0 Å². The van der Waals surface area contributed by atoms with Crippen molar-refractivity contribution in [2.24, 2.45) is 0 Å². The Morgan fingerprint density at radius 1 is 0.426 bits per heavy atom. The lowest BCUT2D eigenvalue weighted by Gasteiger charge is -2.35. The van der Waals surface area contributed by atoms with Gasteiger partial charge in [-0.15, -0.1) is 11.3 Å². The Balaban J connectivity index is 0.975. The van der Waals surface area contributed by atoms with Gasteiger partial charge in [0.05, 0.1) is 5.41 Å². The van der Waals surface area contributed by atoms with Gasteiger partial charge in [0.1, 0.15) is 0 Å². The fraction of sp³-hybridized carbons (Fsp3) is 0.0847. The zero-order valence-electron chi connectivity index (χ0n) is 33.9. The first kappa shape index (κ1) is 35.9. The van der Waals surface area contributed by atoms with Crippen molar-refractivity contribution in [1.82, 2.24) is 0 Å². The topological polar surface area (TPSA) is 3.24 Å². The molecule has 3 aliphatic rings. The van der Waals surface area contributed by atoms with Crippen LogP contribution in [0.4, 0.5) is 11.4 Å². The Labute approximate surface area is 361 Å². The van der Waals surface area contributed by atoms with Crippen molar-refractivity contribution in [3.8, 4) is 22.3 Å². The molecule has 12 rings (SSSR count). The third kappa shape index (κ3) is 5.81. The van der Waals surface area contributed by atoms with Crippen LogP contribution >= 0.6 is 11.3 Å². The Hall–Kier alpha value is -7.00. The number of thiophene rings is 1. The van der Waals surface area contributed by atoms with Crippen LogP contribution < -0.4 is 4.90 Å². The average Bonchev–Trinajstić information content (AvgIpc) is 3.87. The van der Waals surface area contributed by atoms with Crippen molar-refractivity contribution in [3.05, 3.63) is 256 Å². The first-order chi connectivity index (χ1) is 30.2. The molecule has 0 amide bonds. The van der Waals surface area contributed by atoms with Crippen molar-refractivity contribution >= 4 is 49.0 Å². The van der Waals surface area contributed by atoms with Crippen LogP contribution in [0.15, 0.2) is 223 Å². The largest absolute Gasteiger partial charge is 0.314 e. The fourth-order valence-corrected chi connectivity index (χ4v) is 11.8. The molecule has 0 unspecified atom stereocenters. The number of rotatable bonds is 7. The minimum Gasteiger partial charge on any atom is -0.314 e. The van der Waals surface area contributed by atoms with Crippen LogP contribution in [0.2, 0.25) is 0 Å². The molecule has 0 aliphatic heterocycles. The van der Waals surface area contributed by atoms with Gasteiger partial charge in [0.2, 0.25) is 0 Å². The van der Waals surface area contributed by atoms with Gasteiger partial charge in [-0.05, 0) is 129 Å². The van der Waals surface area contributed by atoms with Crippen LogP contribution in [0.3, 0.4) is 0 Å². The molecule has 290 valence electrons. The predicted octanol–water partition coefficient (Wildman–Crippen LogP) is 15.9. The van der Waals surface area contributed by atoms with Gasteiger partial charge < -0.3 is 4.90 Å². The van der Waals surface area contributed by atoms with E-state index in [0.717, 1.165) is 25.7 Å². The normalized spacial score (nSPS) is 15.0. The molecule has 0 fully saturated rings. The maximum absolute atomic E-state index is 2.50. The predicted molar refractivity (Wildman–Crippen MR) is 259 cm³/mol. The van der Waals surface area contributed by atoms with E-state index >= 15 is 0 Å². The van der Waals surface area contributed by atoms with E-state index in [1.807, 2.05) is 11.3 Å². The first-order valence-corrected chi connectivity index (χ1v) is 22.4. The lowest BCUT2D eigenvalue weighted by atomic mass is 9.68. The fourth-order valence-electron chi connectivity index (χ4n) is 10.6. The SMILES string of the molecule is C1=C(C2=Cc3ccccc3CC2)CCC(N(c2ccc(-c3cccc4c3sc3ccccc34)cc2)c2ccc(C3(c4ccccc4)c4ccccc4-c4ccccc43)cc2)=C1. The molecule has 9 aromatic rings. The summed E-state index contributed by atoms with van der Waals surface area (Å²) in [6.45, 7) is 0. The summed E-state index contributed by atoms with van der Waals surface area (Å²) in [5, 5.41) is 2.66. The van der Waals surface area contributed by atoms with Crippen molar-refractivity contribution in [2.45, 2.75) is 31.1 Å². The second kappa shape index (κ2) is 14.6. The Bertz CT molecular complexity index is 3190. The number of allylic oxidation sites excluding steroid dienone is 5. The van der Waals surface area contributed by atoms with E-state index in [0.29, 0.717) is 0 Å². The number of aryl methyl sites for hydroxylation is 1. The maximum atomic E-state index is 2.50. The molecular weight excluding hydrogens is 755 g/mol. The lowest BCUT2D eigenvalue weighted by molar-refractivity contribution is 0.768. The van der Waals surface area contributed by atoms with E-state index in [1.165, 1.54) is 104 Å². The van der Waals surface area contributed by atoms with Gasteiger partial charge in [0.25, 0.3) is 0 Å². The first-order valence-electron chi connectivity index (χ1n) is 21.6. The minimum atomic E-state index is -0.429. The molecule has 1 aromatic heterocycles. The molecule has 0 radical (unpaired) electrons. The molecule has 1 nitrogen and oxygen atoms in total. The van der Waals surface area contributed by atoms with E-state index in [-0.39, 0.29) is 0 Å². The average molecular weight is 798 g/mol. The Morgan fingerprint density at radius 2 is 1.03 bits per heavy atom. The summed E-state index contributed by atoms with van der Waals surface area (Å²) in [4.78, 5) is 2.50. The monoisotopic (exact) mass is 797 g/mol. The van der Waals surface area contributed by atoms with Gasteiger partial charge in [-0.3, -0.25) is 0 Å². The maximum Gasteiger partial charge on any atom is 0.0713 e. The summed E-state index contributed by atoms with van der Waals surface area (Å²) in [7, 11) is 0. The summed E-state index contributed by atoms with van der Waals surface area (Å²) >= 11 is 1.89. The number of anilines is 2.